The van der Waals surface area contributed by atoms with Crippen LogP contribution in [0.4, 0.5) is 10.5 Å². The number of primary sulfonamides is 1. The van der Waals surface area contributed by atoms with Gasteiger partial charge in [-0.1, -0.05) is 26.7 Å². The quantitative estimate of drug-likeness (QED) is 0.766. The van der Waals surface area contributed by atoms with Gasteiger partial charge >= 0.3 is 6.09 Å². The molecule has 0 aliphatic carbocycles. The minimum absolute atomic E-state index is 0.00243. The number of hydrogen-bond acceptors (Lipinski definition) is 4. The molecular formula is C15H24N2O4S. The van der Waals surface area contributed by atoms with Crippen molar-refractivity contribution in [1.29, 1.82) is 0 Å². The summed E-state index contributed by atoms with van der Waals surface area (Å²) in [6, 6.07) is 5.61. The van der Waals surface area contributed by atoms with E-state index in [4.69, 9.17) is 9.88 Å². The molecule has 0 atom stereocenters. The average molecular weight is 328 g/mol. The van der Waals surface area contributed by atoms with Crippen LogP contribution in [0.15, 0.2) is 29.2 Å². The Morgan fingerprint density at radius 1 is 1.18 bits per heavy atom. The molecule has 22 heavy (non-hydrogen) atoms. The van der Waals surface area contributed by atoms with Gasteiger partial charge in [0.2, 0.25) is 10.0 Å². The highest BCUT2D eigenvalue weighted by atomic mass is 32.2. The molecule has 6 nitrogen and oxygen atoms in total. The van der Waals surface area contributed by atoms with Crippen LogP contribution in [0.2, 0.25) is 0 Å². The van der Waals surface area contributed by atoms with Crippen molar-refractivity contribution in [3.8, 4) is 0 Å². The first kappa shape index (κ1) is 18.4. The first-order chi connectivity index (χ1) is 10.4. The summed E-state index contributed by atoms with van der Waals surface area (Å²) in [7, 11) is -3.73. The predicted octanol–water partition coefficient (Wildman–Crippen LogP) is 3.10. The maximum Gasteiger partial charge on any atom is 0.411 e. The second-order valence-corrected chi connectivity index (χ2v) is 6.80. The molecule has 0 aliphatic heterocycles. The van der Waals surface area contributed by atoms with Crippen molar-refractivity contribution >= 4 is 21.8 Å². The van der Waals surface area contributed by atoms with Crippen LogP contribution in [0.5, 0.6) is 0 Å². The van der Waals surface area contributed by atoms with Gasteiger partial charge in [0.25, 0.3) is 0 Å². The molecule has 1 amide bonds. The summed E-state index contributed by atoms with van der Waals surface area (Å²) < 4.78 is 27.5. The van der Waals surface area contributed by atoms with E-state index in [-0.39, 0.29) is 4.90 Å². The summed E-state index contributed by atoms with van der Waals surface area (Å²) in [6.45, 7) is 4.61. The molecule has 7 heteroatoms. The third-order valence-corrected chi connectivity index (χ3v) is 4.20. The lowest BCUT2D eigenvalue weighted by Crippen LogP contribution is -2.19. The van der Waals surface area contributed by atoms with E-state index in [2.05, 4.69) is 19.2 Å². The van der Waals surface area contributed by atoms with E-state index in [1.165, 1.54) is 24.3 Å². The van der Waals surface area contributed by atoms with E-state index >= 15 is 0 Å². The lowest BCUT2D eigenvalue weighted by Gasteiger charge is -2.15. The summed E-state index contributed by atoms with van der Waals surface area (Å²) in [5.74, 6) is 0.380. The van der Waals surface area contributed by atoms with Crippen LogP contribution >= 0.6 is 0 Å². The van der Waals surface area contributed by atoms with Gasteiger partial charge in [-0.05, 0) is 43.0 Å². The predicted molar refractivity (Wildman–Crippen MR) is 86.1 cm³/mol. The van der Waals surface area contributed by atoms with Crippen molar-refractivity contribution in [2.45, 2.75) is 44.4 Å². The number of nitrogens with one attached hydrogen (secondary N) is 1. The van der Waals surface area contributed by atoms with Crippen LogP contribution in [0, 0.1) is 5.92 Å². The fourth-order valence-corrected chi connectivity index (χ4v) is 2.72. The standard InChI is InChI=1S/C15H24N2O4S/c1-3-5-12(6-4-2)11-21-15(18)17-13-7-9-14(10-8-13)22(16,19)20/h7-10,12H,3-6,11H2,1-2H3,(H,17,18)(H2,16,19,20). The lowest BCUT2D eigenvalue weighted by molar-refractivity contribution is 0.135. The van der Waals surface area contributed by atoms with Gasteiger partial charge in [0, 0.05) is 5.69 Å². The molecule has 1 aromatic rings. The molecule has 0 heterocycles. The fraction of sp³-hybridized carbons (Fsp3) is 0.533. The molecule has 0 saturated heterocycles. The van der Waals surface area contributed by atoms with E-state index in [0.717, 1.165) is 25.7 Å². The van der Waals surface area contributed by atoms with Gasteiger partial charge in [-0.25, -0.2) is 18.4 Å². The molecule has 1 aromatic carbocycles. The van der Waals surface area contributed by atoms with Crippen LogP contribution in [0.1, 0.15) is 39.5 Å². The van der Waals surface area contributed by atoms with Crippen LogP contribution < -0.4 is 10.5 Å². The zero-order valence-corrected chi connectivity index (χ0v) is 13.9. The molecule has 124 valence electrons. The van der Waals surface area contributed by atoms with Crippen molar-refractivity contribution in [2.75, 3.05) is 11.9 Å². The molecule has 0 aromatic heterocycles. The largest absolute Gasteiger partial charge is 0.449 e. The van der Waals surface area contributed by atoms with E-state index < -0.39 is 16.1 Å². The molecule has 0 fully saturated rings. The van der Waals surface area contributed by atoms with E-state index in [9.17, 15) is 13.2 Å². The molecule has 1 rings (SSSR count). The van der Waals surface area contributed by atoms with E-state index in [1.54, 1.807) is 0 Å². The highest BCUT2D eigenvalue weighted by Crippen LogP contribution is 2.15. The fourth-order valence-electron chi connectivity index (χ4n) is 2.20. The van der Waals surface area contributed by atoms with Gasteiger partial charge in [-0.2, -0.15) is 0 Å². The number of nitrogens with two attached hydrogens (primary N) is 1. The monoisotopic (exact) mass is 328 g/mol. The second kappa shape index (κ2) is 8.75. The topological polar surface area (TPSA) is 98.5 Å². The van der Waals surface area contributed by atoms with Crippen LogP contribution in [0.25, 0.3) is 0 Å². The summed E-state index contributed by atoms with van der Waals surface area (Å²) in [6.07, 6.45) is 3.64. The van der Waals surface area contributed by atoms with Gasteiger partial charge in [0.1, 0.15) is 0 Å². The van der Waals surface area contributed by atoms with Crippen LogP contribution in [-0.4, -0.2) is 21.1 Å². The average Bonchev–Trinajstić information content (AvgIpc) is 2.45. The first-order valence-corrected chi connectivity index (χ1v) is 8.98. The molecule has 0 bridgehead atoms. The highest BCUT2D eigenvalue weighted by molar-refractivity contribution is 7.89. The number of benzene rings is 1. The second-order valence-electron chi connectivity index (χ2n) is 5.24. The number of carbonyl (C=O) groups is 1. The van der Waals surface area contributed by atoms with Gasteiger partial charge < -0.3 is 4.74 Å². The van der Waals surface area contributed by atoms with Gasteiger partial charge in [-0.3, -0.25) is 5.32 Å². The van der Waals surface area contributed by atoms with Crippen molar-refractivity contribution in [3.63, 3.8) is 0 Å². The third kappa shape index (κ3) is 6.44. The van der Waals surface area contributed by atoms with Crippen LogP contribution in [0.3, 0.4) is 0 Å². The summed E-state index contributed by atoms with van der Waals surface area (Å²) in [5.41, 5.74) is 0.458. The minimum atomic E-state index is -3.73. The van der Waals surface area contributed by atoms with E-state index in [1.807, 2.05) is 0 Å². The summed E-state index contributed by atoms with van der Waals surface area (Å²) in [4.78, 5) is 11.7. The first-order valence-electron chi connectivity index (χ1n) is 7.43. The molecule has 0 spiro atoms. The summed E-state index contributed by atoms with van der Waals surface area (Å²) in [5, 5.41) is 7.57. The number of sulfonamides is 1. The Morgan fingerprint density at radius 2 is 1.73 bits per heavy atom. The number of ether oxygens (including phenoxy) is 1. The Hall–Kier alpha value is -1.60. The molecule has 0 saturated carbocycles. The molecular weight excluding hydrogens is 304 g/mol. The van der Waals surface area contributed by atoms with Crippen molar-refractivity contribution in [1.82, 2.24) is 0 Å². The van der Waals surface area contributed by atoms with Crippen molar-refractivity contribution < 1.29 is 17.9 Å². The van der Waals surface area contributed by atoms with Gasteiger partial charge in [0.05, 0.1) is 11.5 Å². The van der Waals surface area contributed by atoms with Crippen molar-refractivity contribution in [3.05, 3.63) is 24.3 Å². The number of carbonyl (C=O) groups excluding carboxylic acids is 1. The van der Waals surface area contributed by atoms with Gasteiger partial charge in [-0.15, -0.1) is 0 Å². The third-order valence-electron chi connectivity index (χ3n) is 3.27. The maximum absolute atomic E-state index is 11.7. The Morgan fingerprint density at radius 3 is 2.18 bits per heavy atom. The zero-order valence-electron chi connectivity index (χ0n) is 13.0. The minimum Gasteiger partial charge on any atom is -0.449 e. The highest BCUT2D eigenvalue weighted by Gasteiger charge is 2.11. The Balaban J connectivity index is 2.51. The number of amides is 1. The lowest BCUT2D eigenvalue weighted by atomic mass is 10.00. The SMILES string of the molecule is CCCC(CCC)COC(=O)Nc1ccc(S(N)(=O)=O)cc1. The smallest absolute Gasteiger partial charge is 0.411 e. The van der Waals surface area contributed by atoms with E-state index in [0.29, 0.717) is 18.2 Å². The Kier molecular flexibility index (Phi) is 7.34. The zero-order chi connectivity index (χ0) is 16.6. The normalized spacial score (nSPS) is 11.5. The molecule has 0 radical (unpaired) electrons. The molecule has 0 aliphatic rings. The van der Waals surface area contributed by atoms with Gasteiger partial charge in [0.15, 0.2) is 0 Å². The van der Waals surface area contributed by atoms with Crippen LogP contribution in [-0.2, 0) is 14.8 Å². The maximum atomic E-state index is 11.7. The molecule has 3 N–H and O–H groups in total. The van der Waals surface area contributed by atoms with Crippen molar-refractivity contribution in [2.24, 2.45) is 11.1 Å². The number of anilines is 1. The molecule has 0 unspecified atom stereocenters. The summed E-state index contributed by atoms with van der Waals surface area (Å²) >= 11 is 0. The Labute approximate surface area is 132 Å². The Bertz CT molecular complexity index is 564. The number of hydrogen-bond donors (Lipinski definition) is 2. The number of rotatable bonds is 8.